The Bertz CT molecular complexity index is 711. The Morgan fingerprint density at radius 2 is 2.27 bits per heavy atom. The van der Waals surface area contributed by atoms with Crippen LogP contribution in [0.25, 0.3) is 0 Å². The molecule has 22 heavy (non-hydrogen) atoms. The van der Waals surface area contributed by atoms with Crippen molar-refractivity contribution in [2.75, 3.05) is 13.7 Å². The third-order valence-corrected chi connectivity index (χ3v) is 3.94. The van der Waals surface area contributed by atoms with Crippen molar-refractivity contribution in [1.82, 2.24) is 9.88 Å². The van der Waals surface area contributed by atoms with Crippen LogP contribution in [0.2, 0.25) is 0 Å². The number of hydrogen-bond donors (Lipinski definition) is 0. The van der Waals surface area contributed by atoms with Gasteiger partial charge in [-0.15, -0.1) is 0 Å². The second-order valence-electron chi connectivity index (χ2n) is 5.21. The molecule has 1 aliphatic heterocycles. The predicted molar refractivity (Wildman–Crippen MR) is 77.3 cm³/mol. The lowest BCUT2D eigenvalue weighted by Gasteiger charge is -2.28. The highest BCUT2D eigenvalue weighted by Crippen LogP contribution is 2.27. The Balaban J connectivity index is 1.85. The maximum atomic E-state index is 13.8. The summed E-state index contributed by atoms with van der Waals surface area (Å²) >= 11 is 0. The molecule has 5 nitrogen and oxygen atoms in total. The summed E-state index contributed by atoms with van der Waals surface area (Å²) in [6.45, 7) is 2.84. The summed E-state index contributed by atoms with van der Waals surface area (Å²) in [5.41, 5.74) is 2.46. The molecule has 0 fully saturated rings. The van der Waals surface area contributed by atoms with Gasteiger partial charge >= 0.3 is 0 Å². The summed E-state index contributed by atoms with van der Waals surface area (Å²) in [4.78, 5) is 18.2. The fraction of sp³-hybridized carbons (Fsp3) is 0.375. The number of methoxy groups -OCH3 is 1. The first-order valence-electron chi connectivity index (χ1n) is 7.21. The molecular formula is C16H17FN2O3. The van der Waals surface area contributed by atoms with E-state index in [4.69, 9.17) is 9.15 Å². The number of hydrogen-bond acceptors (Lipinski definition) is 4. The topological polar surface area (TPSA) is 55.6 Å². The van der Waals surface area contributed by atoms with Gasteiger partial charge < -0.3 is 14.1 Å². The van der Waals surface area contributed by atoms with E-state index in [1.165, 1.54) is 19.6 Å². The lowest BCUT2D eigenvalue weighted by atomic mass is 9.98. The molecule has 0 radical (unpaired) electrons. The van der Waals surface area contributed by atoms with Crippen molar-refractivity contribution in [2.24, 2.45) is 0 Å². The Morgan fingerprint density at radius 3 is 3.00 bits per heavy atom. The maximum Gasteiger partial charge on any atom is 0.291 e. The molecule has 0 spiro atoms. The molecule has 6 heteroatoms. The van der Waals surface area contributed by atoms with Crippen molar-refractivity contribution in [3.63, 3.8) is 0 Å². The van der Waals surface area contributed by atoms with Crippen LogP contribution < -0.4 is 4.74 Å². The number of aryl methyl sites for hydroxylation is 1. The fourth-order valence-electron chi connectivity index (χ4n) is 2.73. The molecule has 0 N–H and O–H groups in total. The second-order valence-corrected chi connectivity index (χ2v) is 5.21. The fourth-order valence-corrected chi connectivity index (χ4v) is 2.73. The van der Waals surface area contributed by atoms with Gasteiger partial charge in [0.25, 0.3) is 5.91 Å². The van der Waals surface area contributed by atoms with Gasteiger partial charge in [-0.2, -0.15) is 0 Å². The van der Waals surface area contributed by atoms with E-state index in [1.807, 2.05) is 6.92 Å². The van der Waals surface area contributed by atoms with Crippen LogP contribution in [0.5, 0.6) is 5.75 Å². The van der Waals surface area contributed by atoms with Crippen LogP contribution in [0.4, 0.5) is 4.39 Å². The molecule has 0 unspecified atom stereocenters. The average molecular weight is 304 g/mol. The lowest BCUT2D eigenvalue weighted by Crippen LogP contribution is -2.36. The van der Waals surface area contributed by atoms with Crippen LogP contribution in [0.3, 0.4) is 0 Å². The van der Waals surface area contributed by atoms with E-state index in [9.17, 15) is 9.18 Å². The zero-order valence-electron chi connectivity index (χ0n) is 12.6. The summed E-state index contributed by atoms with van der Waals surface area (Å²) < 4.78 is 24.1. The summed E-state index contributed by atoms with van der Waals surface area (Å²) in [7, 11) is 1.44. The van der Waals surface area contributed by atoms with Gasteiger partial charge in [0.05, 0.1) is 12.8 Å². The number of halogens is 1. The molecule has 1 aromatic heterocycles. The molecule has 116 valence electrons. The first kappa shape index (κ1) is 14.6. The van der Waals surface area contributed by atoms with E-state index in [0.29, 0.717) is 31.6 Å². The average Bonchev–Trinajstić information content (AvgIpc) is 3.01. The largest absolute Gasteiger partial charge is 0.494 e. The first-order chi connectivity index (χ1) is 10.6. The van der Waals surface area contributed by atoms with Gasteiger partial charge in [-0.1, -0.05) is 6.92 Å². The summed E-state index contributed by atoms with van der Waals surface area (Å²) in [5, 5.41) is 0. The summed E-state index contributed by atoms with van der Waals surface area (Å²) in [6.07, 6.45) is 2.58. The highest BCUT2D eigenvalue weighted by molar-refractivity contribution is 5.92. The molecule has 2 aromatic rings. The van der Waals surface area contributed by atoms with E-state index in [2.05, 4.69) is 4.98 Å². The van der Waals surface area contributed by atoms with Crippen LogP contribution in [-0.4, -0.2) is 29.4 Å². The van der Waals surface area contributed by atoms with Gasteiger partial charge in [-0.25, -0.2) is 9.37 Å². The minimum atomic E-state index is -0.413. The van der Waals surface area contributed by atoms with Crippen LogP contribution in [-0.2, 0) is 19.4 Å². The van der Waals surface area contributed by atoms with Crippen LogP contribution in [0, 0.1) is 5.82 Å². The van der Waals surface area contributed by atoms with Crippen LogP contribution in [0.1, 0.15) is 34.3 Å². The van der Waals surface area contributed by atoms with Gasteiger partial charge in [-0.3, -0.25) is 4.79 Å². The van der Waals surface area contributed by atoms with E-state index in [-0.39, 0.29) is 17.4 Å². The normalized spacial score (nSPS) is 13.9. The highest BCUT2D eigenvalue weighted by Gasteiger charge is 2.27. The molecule has 0 aliphatic carbocycles. The lowest BCUT2D eigenvalue weighted by molar-refractivity contribution is 0.0700. The number of amides is 1. The SMILES string of the molecule is CCc1ncoc1C(=O)N1CCc2cc(OC)c(F)cc2C1. The smallest absolute Gasteiger partial charge is 0.291 e. The first-order valence-corrected chi connectivity index (χ1v) is 7.21. The summed E-state index contributed by atoms with van der Waals surface area (Å²) in [5.74, 6) is -0.0948. The third kappa shape index (κ3) is 2.45. The molecule has 1 amide bonds. The molecule has 3 rings (SSSR count). The number of fused-ring (bicyclic) bond motifs is 1. The molecule has 0 atom stereocenters. The quantitative estimate of drug-likeness (QED) is 0.874. The van der Waals surface area contributed by atoms with E-state index in [1.54, 1.807) is 11.0 Å². The van der Waals surface area contributed by atoms with Crippen molar-refractivity contribution < 1.29 is 18.3 Å². The molecule has 0 bridgehead atoms. The number of ether oxygens (including phenoxy) is 1. The van der Waals surface area contributed by atoms with E-state index in [0.717, 1.165) is 11.1 Å². The maximum absolute atomic E-state index is 13.8. The van der Waals surface area contributed by atoms with Crippen molar-refractivity contribution in [3.05, 3.63) is 46.9 Å². The standard InChI is InChI=1S/C16H17FN2O3/c1-3-13-15(22-9-18-13)16(20)19-5-4-10-7-14(21-2)12(17)6-11(10)8-19/h6-7,9H,3-5,8H2,1-2H3. The zero-order chi connectivity index (χ0) is 15.7. The van der Waals surface area contributed by atoms with Crippen molar-refractivity contribution in [1.29, 1.82) is 0 Å². The van der Waals surface area contributed by atoms with Crippen LogP contribution >= 0.6 is 0 Å². The van der Waals surface area contributed by atoms with Gasteiger partial charge in [0, 0.05) is 13.1 Å². The predicted octanol–water partition coefficient (Wildman–Crippen LogP) is 2.58. The molecule has 2 heterocycles. The molecule has 0 saturated heterocycles. The van der Waals surface area contributed by atoms with Crippen molar-refractivity contribution in [2.45, 2.75) is 26.3 Å². The van der Waals surface area contributed by atoms with Gasteiger partial charge in [0.2, 0.25) is 5.76 Å². The number of carbonyl (C=O) groups excluding carboxylic acids is 1. The second kappa shape index (κ2) is 5.79. The van der Waals surface area contributed by atoms with Crippen LogP contribution in [0.15, 0.2) is 22.9 Å². The van der Waals surface area contributed by atoms with E-state index >= 15 is 0 Å². The van der Waals surface area contributed by atoms with Crippen molar-refractivity contribution >= 4 is 5.91 Å². The Labute approximate surface area is 127 Å². The van der Waals surface area contributed by atoms with Gasteiger partial charge in [-0.05, 0) is 36.1 Å². The van der Waals surface area contributed by atoms with Gasteiger partial charge in [0.15, 0.2) is 18.0 Å². The molecule has 1 aromatic carbocycles. The number of nitrogens with zero attached hydrogens (tertiary/aromatic N) is 2. The number of rotatable bonds is 3. The molecule has 0 saturated carbocycles. The monoisotopic (exact) mass is 304 g/mol. The number of aromatic nitrogens is 1. The van der Waals surface area contributed by atoms with Crippen molar-refractivity contribution in [3.8, 4) is 5.75 Å². The zero-order valence-corrected chi connectivity index (χ0v) is 12.6. The minimum absolute atomic E-state index is 0.198. The molecular weight excluding hydrogens is 287 g/mol. The third-order valence-electron chi connectivity index (χ3n) is 3.94. The molecule has 1 aliphatic rings. The summed E-state index contributed by atoms with van der Waals surface area (Å²) in [6, 6.07) is 3.15. The number of benzene rings is 1. The number of oxazole rings is 1. The Kier molecular flexibility index (Phi) is 3.83. The Hall–Kier alpha value is -2.37. The van der Waals surface area contributed by atoms with Gasteiger partial charge in [0.1, 0.15) is 0 Å². The van der Waals surface area contributed by atoms with E-state index < -0.39 is 5.82 Å². The highest BCUT2D eigenvalue weighted by atomic mass is 19.1. The Morgan fingerprint density at radius 1 is 1.45 bits per heavy atom. The minimum Gasteiger partial charge on any atom is -0.494 e. The number of carbonyl (C=O) groups is 1.